The molecule has 6 heteroatoms. The van der Waals surface area contributed by atoms with Gasteiger partial charge in [-0.15, -0.1) is 11.8 Å². The van der Waals surface area contributed by atoms with E-state index in [2.05, 4.69) is 5.32 Å². The van der Waals surface area contributed by atoms with Crippen LogP contribution in [-0.2, 0) is 16.1 Å². The zero-order valence-electron chi connectivity index (χ0n) is 14.5. The second kappa shape index (κ2) is 8.36. The molecular formula is C20H21FN2O2S. The Balaban J connectivity index is 1.75. The van der Waals surface area contributed by atoms with E-state index in [1.165, 1.54) is 23.9 Å². The predicted octanol–water partition coefficient (Wildman–Crippen LogP) is 3.49. The number of carbonyl (C=O) groups is 2. The quantitative estimate of drug-likeness (QED) is 0.874. The maximum Gasteiger partial charge on any atom is 0.243 e. The molecule has 2 aromatic rings. The summed E-state index contributed by atoms with van der Waals surface area (Å²) in [6.45, 7) is 2.19. The van der Waals surface area contributed by atoms with Gasteiger partial charge in [0.1, 0.15) is 17.2 Å². The van der Waals surface area contributed by atoms with Crippen LogP contribution in [0.1, 0.15) is 29.8 Å². The Bertz CT molecular complexity index is 784. The number of rotatable bonds is 5. The third-order valence-electron chi connectivity index (χ3n) is 4.34. The summed E-state index contributed by atoms with van der Waals surface area (Å²) in [5.41, 5.74) is 1.71. The fourth-order valence-electron chi connectivity index (χ4n) is 3.02. The van der Waals surface area contributed by atoms with Crippen LogP contribution < -0.4 is 5.32 Å². The van der Waals surface area contributed by atoms with Crippen LogP contribution in [-0.4, -0.2) is 28.5 Å². The number of hydrogen-bond donors (Lipinski definition) is 1. The van der Waals surface area contributed by atoms with Crippen LogP contribution in [0.4, 0.5) is 4.39 Å². The van der Waals surface area contributed by atoms with Gasteiger partial charge >= 0.3 is 0 Å². The van der Waals surface area contributed by atoms with Crippen LogP contribution >= 0.6 is 11.8 Å². The summed E-state index contributed by atoms with van der Waals surface area (Å²) >= 11 is 1.49. The van der Waals surface area contributed by atoms with Gasteiger partial charge in [0.25, 0.3) is 0 Å². The van der Waals surface area contributed by atoms with Gasteiger partial charge in [0.2, 0.25) is 11.8 Å². The largest absolute Gasteiger partial charge is 0.350 e. The van der Waals surface area contributed by atoms with Gasteiger partial charge in [-0.3, -0.25) is 9.59 Å². The smallest absolute Gasteiger partial charge is 0.243 e. The van der Waals surface area contributed by atoms with Crippen molar-refractivity contribution in [2.75, 3.05) is 5.75 Å². The van der Waals surface area contributed by atoms with Gasteiger partial charge in [-0.05, 0) is 23.3 Å². The molecule has 4 nitrogen and oxygen atoms in total. The third kappa shape index (κ3) is 4.07. The molecule has 0 saturated carbocycles. The minimum atomic E-state index is -0.551. The zero-order valence-corrected chi connectivity index (χ0v) is 15.3. The number of hydrogen-bond acceptors (Lipinski definition) is 3. The van der Waals surface area contributed by atoms with Crippen molar-refractivity contribution in [1.29, 1.82) is 0 Å². The monoisotopic (exact) mass is 372 g/mol. The van der Waals surface area contributed by atoms with Gasteiger partial charge in [-0.2, -0.15) is 0 Å². The van der Waals surface area contributed by atoms with E-state index in [9.17, 15) is 14.0 Å². The van der Waals surface area contributed by atoms with Gasteiger partial charge < -0.3 is 10.2 Å². The van der Waals surface area contributed by atoms with Gasteiger partial charge in [0, 0.05) is 18.7 Å². The van der Waals surface area contributed by atoms with Crippen LogP contribution in [0.2, 0.25) is 0 Å². The van der Waals surface area contributed by atoms with Gasteiger partial charge in [-0.1, -0.05) is 49.4 Å². The molecule has 3 rings (SSSR count). The third-order valence-corrected chi connectivity index (χ3v) is 5.66. The molecule has 1 N–H and O–H groups in total. The summed E-state index contributed by atoms with van der Waals surface area (Å²) in [4.78, 5) is 26.8. The summed E-state index contributed by atoms with van der Waals surface area (Å²) in [5.74, 6) is -0.136. The van der Waals surface area contributed by atoms with Crippen molar-refractivity contribution in [1.82, 2.24) is 10.2 Å². The second-order valence-electron chi connectivity index (χ2n) is 6.11. The highest BCUT2D eigenvalue weighted by Crippen LogP contribution is 2.41. The van der Waals surface area contributed by atoms with Crippen molar-refractivity contribution in [2.45, 2.75) is 31.3 Å². The molecule has 1 aliphatic heterocycles. The standard InChI is InChI=1S/C20H21FN2O2S/c1-2-18(24)23-17(19(25)22-12-14-7-4-3-5-8-14)13-26-20(23)15-9-6-10-16(21)11-15/h3-11,17,20H,2,12-13H2,1H3,(H,22,25). The first-order valence-electron chi connectivity index (χ1n) is 8.60. The first kappa shape index (κ1) is 18.5. The van der Waals surface area contributed by atoms with Crippen molar-refractivity contribution in [3.05, 3.63) is 71.5 Å². The van der Waals surface area contributed by atoms with Crippen LogP contribution in [0.3, 0.4) is 0 Å². The number of thioether (sulfide) groups is 1. The SMILES string of the molecule is CCC(=O)N1C(C(=O)NCc2ccccc2)CSC1c1cccc(F)c1. The van der Waals surface area contributed by atoms with Crippen LogP contribution in [0.25, 0.3) is 0 Å². The molecule has 136 valence electrons. The maximum absolute atomic E-state index is 13.6. The lowest BCUT2D eigenvalue weighted by molar-refractivity contribution is -0.139. The second-order valence-corrected chi connectivity index (χ2v) is 7.23. The summed E-state index contributed by atoms with van der Waals surface area (Å²) in [6.07, 6.45) is 0.300. The Labute approximate surface area is 156 Å². The first-order chi connectivity index (χ1) is 12.6. The highest BCUT2D eigenvalue weighted by atomic mass is 32.2. The Kier molecular flexibility index (Phi) is 5.93. The Morgan fingerprint density at radius 3 is 2.65 bits per heavy atom. The Hall–Kier alpha value is -2.34. The van der Waals surface area contributed by atoms with E-state index in [4.69, 9.17) is 0 Å². The number of nitrogens with one attached hydrogen (secondary N) is 1. The summed E-state index contributed by atoms with van der Waals surface area (Å²) < 4.78 is 13.6. The summed E-state index contributed by atoms with van der Waals surface area (Å²) in [5, 5.41) is 2.57. The van der Waals surface area contributed by atoms with Gasteiger partial charge in [-0.25, -0.2) is 4.39 Å². The van der Waals surface area contributed by atoms with Crippen LogP contribution in [0.15, 0.2) is 54.6 Å². The van der Waals surface area contributed by atoms with E-state index < -0.39 is 6.04 Å². The summed E-state index contributed by atoms with van der Waals surface area (Å²) in [6, 6.07) is 15.3. The molecule has 2 aromatic carbocycles. The average Bonchev–Trinajstić information content (AvgIpc) is 3.11. The van der Waals surface area contributed by atoms with E-state index >= 15 is 0 Å². The molecule has 0 bridgehead atoms. The number of amides is 2. The molecule has 0 spiro atoms. The van der Waals surface area contributed by atoms with Crippen LogP contribution in [0, 0.1) is 5.82 Å². The van der Waals surface area contributed by atoms with Gasteiger partial charge in [0.05, 0.1) is 0 Å². The van der Waals surface area contributed by atoms with Crippen molar-refractivity contribution in [3.63, 3.8) is 0 Å². The Morgan fingerprint density at radius 2 is 1.96 bits per heavy atom. The van der Waals surface area contributed by atoms with E-state index in [-0.39, 0.29) is 23.0 Å². The number of halogens is 1. The minimum absolute atomic E-state index is 0.107. The molecule has 1 aliphatic rings. The molecule has 0 radical (unpaired) electrons. The molecule has 26 heavy (non-hydrogen) atoms. The van der Waals surface area contributed by atoms with E-state index in [0.717, 1.165) is 5.56 Å². The van der Waals surface area contributed by atoms with Crippen molar-refractivity contribution >= 4 is 23.6 Å². The Morgan fingerprint density at radius 1 is 1.19 bits per heavy atom. The molecule has 0 aliphatic carbocycles. The van der Waals surface area contributed by atoms with Crippen LogP contribution in [0.5, 0.6) is 0 Å². The van der Waals surface area contributed by atoms with E-state index in [0.29, 0.717) is 24.3 Å². The fourth-order valence-corrected chi connectivity index (χ4v) is 4.46. The number of nitrogens with zero attached hydrogens (tertiary/aromatic N) is 1. The molecule has 2 atom stereocenters. The topological polar surface area (TPSA) is 49.4 Å². The highest BCUT2D eigenvalue weighted by Gasteiger charge is 2.41. The number of carbonyl (C=O) groups excluding carboxylic acids is 2. The molecule has 1 fully saturated rings. The normalized spacial score (nSPS) is 19.4. The lowest BCUT2D eigenvalue weighted by Gasteiger charge is -2.28. The van der Waals surface area contributed by atoms with E-state index in [1.54, 1.807) is 24.0 Å². The summed E-state index contributed by atoms with van der Waals surface area (Å²) in [7, 11) is 0. The molecule has 1 saturated heterocycles. The maximum atomic E-state index is 13.6. The lowest BCUT2D eigenvalue weighted by atomic mass is 10.1. The van der Waals surface area contributed by atoms with Crippen molar-refractivity contribution < 1.29 is 14.0 Å². The fraction of sp³-hybridized carbons (Fsp3) is 0.300. The molecule has 2 amide bonds. The van der Waals surface area contributed by atoms with Crippen molar-refractivity contribution in [3.8, 4) is 0 Å². The highest BCUT2D eigenvalue weighted by molar-refractivity contribution is 7.99. The lowest BCUT2D eigenvalue weighted by Crippen LogP contribution is -2.47. The molecule has 2 unspecified atom stereocenters. The molecular weight excluding hydrogens is 351 g/mol. The number of benzene rings is 2. The van der Waals surface area contributed by atoms with Crippen molar-refractivity contribution in [2.24, 2.45) is 0 Å². The average molecular weight is 372 g/mol. The minimum Gasteiger partial charge on any atom is -0.350 e. The first-order valence-corrected chi connectivity index (χ1v) is 9.65. The predicted molar refractivity (Wildman–Crippen MR) is 101 cm³/mol. The molecule has 0 aromatic heterocycles. The zero-order chi connectivity index (χ0) is 18.5. The molecule has 1 heterocycles. The van der Waals surface area contributed by atoms with E-state index in [1.807, 2.05) is 30.3 Å². The van der Waals surface area contributed by atoms with Gasteiger partial charge in [0.15, 0.2) is 0 Å².